The van der Waals surface area contributed by atoms with E-state index in [1.165, 1.54) is 5.57 Å². The molecular weight excluding hydrogens is 199 g/mol. The Balaban J connectivity index is 3.58. The number of rotatable bonds is 1. The van der Waals surface area contributed by atoms with E-state index in [1.54, 1.807) is 0 Å². The highest BCUT2D eigenvalue weighted by Gasteiger charge is 1.70. The molecule has 0 rings (SSSR count). The zero-order valence-electron chi connectivity index (χ0n) is 4.61. The minimum absolute atomic E-state index is 1.31. The normalized spacial score (nSPS) is 13.3. The van der Waals surface area contributed by atoms with Crippen molar-refractivity contribution >= 4 is 22.6 Å². The maximum Gasteiger partial charge on any atom is -0.0231 e. The number of hydrogen-bond acceptors (Lipinski definition) is 0. The van der Waals surface area contributed by atoms with E-state index in [9.17, 15) is 0 Å². The molecule has 1 heteroatoms. The monoisotopic (exact) mass is 208 g/mol. The second kappa shape index (κ2) is 4.37. The van der Waals surface area contributed by atoms with E-state index in [2.05, 4.69) is 41.7 Å². The Morgan fingerprint density at radius 1 is 1.57 bits per heavy atom. The van der Waals surface area contributed by atoms with Gasteiger partial charge in [0, 0.05) is 0 Å². The molecule has 0 saturated carbocycles. The van der Waals surface area contributed by atoms with Gasteiger partial charge in [0.2, 0.25) is 0 Å². The van der Waals surface area contributed by atoms with Gasteiger partial charge in [0.1, 0.15) is 0 Å². The Morgan fingerprint density at radius 2 is 2.14 bits per heavy atom. The molecule has 0 aromatic heterocycles. The van der Waals surface area contributed by atoms with E-state index < -0.39 is 0 Å². The second-order valence-corrected chi connectivity index (χ2v) is 2.04. The lowest BCUT2D eigenvalue weighted by Crippen LogP contribution is -1.58. The molecule has 0 N–H and O–H groups in total. The van der Waals surface area contributed by atoms with Crippen molar-refractivity contribution in [3.8, 4) is 0 Å². The zero-order chi connectivity index (χ0) is 5.70. The van der Waals surface area contributed by atoms with Gasteiger partial charge in [-0.05, 0) is 17.9 Å². The molecule has 0 unspecified atom stereocenters. The van der Waals surface area contributed by atoms with Crippen LogP contribution in [0.1, 0.15) is 13.8 Å². The van der Waals surface area contributed by atoms with Crippen LogP contribution in [0.5, 0.6) is 0 Å². The van der Waals surface area contributed by atoms with E-state index in [0.29, 0.717) is 0 Å². The van der Waals surface area contributed by atoms with Gasteiger partial charge in [0.15, 0.2) is 0 Å². The summed E-state index contributed by atoms with van der Waals surface area (Å²) < 4.78 is 2.01. The van der Waals surface area contributed by atoms with Crippen LogP contribution in [0.4, 0.5) is 0 Å². The highest BCUT2D eigenvalue weighted by Crippen LogP contribution is 1.95. The van der Waals surface area contributed by atoms with Gasteiger partial charge in [0.25, 0.3) is 0 Å². The summed E-state index contributed by atoms with van der Waals surface area (Å²) in [5.74, 6) is 0. The lowest BCUT2D eigenvalue weighted by molar-refractivity contribution is 1.49. The summed E-state index contributed by atoms with van der Waals surface area (Å²) in [7, 11) is 0. The lowest BCUT2D eigenvalue weighted by Gasteiger charge is -1.80. The quantitative estimate of drug-likeness (QED) is 0.459. The summed E-state index contributed by atoms with van der Waals surface area (Å²) in [6.45, 7) is 4.11. The minimum Gasteiger partial charge on any atom is -0.0847 e. The Kier molecular flexibility index (Phi) is 4.50. The van der Waals surface area contributed by atoms with Crippen LogP contribution in [0.25, 0.3) is 0 Å². The summed E-state index contributed by atoms with van der Waals surface area (Å²) in [5, 5.41) is 0. The second-order valence-electron chi connectivity index (χ2n) is 1.33. The molecule has 40 valence electrons. The van der Waals surface area contributed by atoms with E-state index in [0.717, 1.165) is 0 Å². The van der Waals surface area contributed by atoms with Gasteiger partial charge in [-0.2, -0.15) is 0 Å². The van der Waals surface area contributed by atoms with E-state index >= 15 is 0 Å². The van der Waals surface area contributed by atoms with Crippen molar-refractivity contribution in [2.75, 3.05) is 0 Å². The highest BCUT2D eigenvalue weighted by molar-refractivity contribution is 14.1. The molecule has 0 fully saturated rings. The van der Waals surface area contributed by atoms with Crippen molar-refractivity contribution in [2.45, 2.75) is 13.8 Å². The van der Waals surface area contributed by atoms with Crippen LogP contribution < -0.4 is 0 Å². The summed E-state index contributed by atoms with van der Waals surface area (Å²) in [6.07, 6.45) is 4.15. The van der Waals surface area contributed by atoms with Gasteiger partial charge in [-0.15, -0.1) is 0 Å². The number of hydrogen-bond donors (Lipinski definition) is 0. The third-order valence-corrected chi connectivity index (χ3v) is 1.14. The molecule has 0 aliphatic heterocycles. The van der Waals surface area contributed by atoms with E-state index in [1.807, 2.05) is 11.0 Å². The minimum atomic E-state index is 1.31. The standard InChI is InChI=1S/C6H9I/c1-3-6(2)4-5-7/h3-5H,1-2H3/b5-4+,6-3+. The van der Waals surface area contributed by atoms with E-state index in [4.69, 9.17) is 0 Å². The average molecular weight is 208 g/mol. The molecule has 0 saturated heterocycles. The third kappa shape index (κ3) is 4.05. The van der Waals surface area contributed by atoms with Gasteiger partial charge in [-0.1, -0.05) is 40.3 Å². The molecule has 0 amide bonds. The predicted octanol–water partition coefficient (Wildman–Crippen LogP) is 2.90. The largest absolute Gasteiger partial charge is 0.0847 e. The van der Waals surface area contributed by atoms with Crippen molar-refractivity contribution < 1.29 is 0 Å². The molecule has 0 aliphatic carbocycles. The Bertz CT molecular complexity index is 90.4. The maximum atomic E-state index is 2.20. The molecule has 0 atom stereocenters. The van der Waals surface area contributed by atoms with Crippen molar-refractivity contribution in [2.24, 2.45) is 0 Å². The Hall–Kier alpha value is 0.210. The summed E-state index contributed by atoms with van der Waals surface area (Å²) in [4.78, 5) is 0. The van der Waals surface area contributed by atoms with Crippen LogP contribution in [-0.2, 0) is 0 Å². The molecular formula is C6H9I. The summed E-state index contributed by atoms with van der Waals surface area (Å²) in [6, 6.07) is 0. The van der Waals surface area contributed by atoms with Gasteiger partial charge < -0.3 is 0 Å². The maximum absolute atomic E-state index is 2.20. The van der Waals surface area contributed by atoms with Crippen molar-refractivity contribution in [1.29, 1.82) is 0 Å². The molecule has 0 aromatic rings. The fraction of sp³-hybridized carbons (Fsp3) is 0.333. The van der Waals surface area contributed by atoms with Crippen LogP contribution in [0.15, 0.2) is 21.8 Å². The first-order valence-corrected chi connectivity index (χ1v) is 3.45. The molecule has 0 nitrogen and oxygen atoms in total. The van der Waals surface area contributed by atoms with Gasteiger partial charge in [-0.3, -0.25) is 0 Å². The molecule has 0 aliphatic rings. The highest BCUT2D eigenvalue weighted by atomic mass is 127. The van der Waals surface area contributed by atoms with Crippen LogP contribution in [-0.4, -0.2) is 0 Å². The zero-order valence-corrected chi connectivity index (χ0v) is 6.77. The SMILES string of the molecule is C/C=C(C)/C=C/I. The fourth-order valence-electron chi connectivity index (χ4n) is 0.196. The van der Waals surface area contributed by atoms with Crippen LogP contribution in [0.2, 0.25) is 0 Å². The van der Waals surface area contributed by atoms with E-state index in [-0.39, 0.29) is 0 Å². The molecule has 0 bridgehead atoms. The first kappa shape index (κ1) is 7.21. The van der Waals surface area contributed by atoms with Gasteiger partial charge in [-0.25, -0.2) is 0 Å². The van der Waals surface area contributed by atoms with Gasteiger partial charge in [0.05, 0.1) is 0 Å². The van der Waals surface area contributed by atoms with Crippen LogP contribution in [0.3, 0.4) is 0 Å². The van der Waals surface area contributed by atoms with Crippen LogP contribution >= 0.6 is 22.6 Å². The number of halogens is 1. The van der Waals surface area contributed by atoms with Crippen molar-refractivity contribution in [3.63, 3.8) is 0 Å². The molecule has 0 spiro atoms. The topological polar surface area (TPSA) is 0 Å². The van der Waals surface area contributed by atoms with Crippen LogP contribution in [0, 0.1) is 0 Å². The molecule has 0 radical (unpaired) electrons. The van der Waals surface area contributed by atoms with Crippen molar-refractivity contribution in [3.05, 3.63) is 21.8 Å². The fourth-order valence-corrected chi connectivity index (χ4v) is 0.763. The first-order valence-electron chi connectivity index (χ1n) is 2.21. The first-order chi connectivity index (χ1) is 3.31. The Morgan fingerprint density at radius 3 is 2.29 bits per heavy atom. The van der Waals surface area contributed by atoms with Gasteiger partial charge >= 0.3 is 0 Å². The predicted molar refractivity (Wildman–Crippen MR) is 42.6 cm³/mol. The third-order valence-electron chi connectivity index (χ3n) is 0.781. The Labute approximate surface area is 58.4 Å². The molecule has 0 aromatic carbocycles. The summed E-state index contributed by atoms with van der Waals surface area (Å²) in [5.41, 5.74) is 1.31. The van der Waals surface area contributed by atoms with Crippen molar-refractivity contribution in [1.82, 2.24) is 0 Å². The smallest absolute Gasteiger partial charge is 0.0231 e. The lowest BCUT2D eigenvalue weighted by atomic mass is 10.3. The molecule has 0 heterocycles. The number of allylic oxidation sites excluding steroid dienone is 3. The average Bonchev–Trinajstić information content (AvgIpc) is 1.68. The molecule has 7 heavy (non-hydrogen) atoms. The summed E-state index contributed by atoms with van der Waals surface area (Å²) >= 11 is 2.20.